The molecule has 3 nitrogen and oxygen atoms in total. The zero-order valence-electron chi connectivity index (χ0n) is 12.7. The van der Waals surface area contributed by atoms with E-state index >= 15 is 0 Å². The Morgan fingerprint density at radius 3 is 2.63 bits per heavy atom. The number of hydrogen-bond acceptors (Lipinski definition) is 3. The van der Waals surface area contributed by atoms with Crippen LogP contribution in [0.15, 0.2) is 18.2 Å². The van der Waals surface area contributed by atoms with Gasteiger partial charge in [-0.2, -0.15) is 0 Å². The van der Waals surface area contributed by atoms with Gasteiger partial charge in [-0.1, -0.05) is 18.2 Å². The fourth-order valence-electron chi connectivity index (χ4n) is 2.67. The minimum atomic E-state index is 0.120. The summed E-state index contributed by atoms with van der Waals surface area (Å²) < 4.78 is 0. The summed E-state index contributed by atoms with van der Waals surface area (Å²) in [6, 6.07) is 7.33. The highest BCUT2D eigenvalue weighted by Crippen LogP contribution is 2.17. The fraction of sp³-hybridized carbons (Fsp3) is 0.625. The number of hydrogen-bond donors (Lipinski definition) is 1. The number of nitrogens with two attached hydrogens (primary N) is 1. The van der Waals surface area contributed by atoms with Gasteiger partial charge in [-0.25, -0.2) is 0 Å². The van der Waals surface area contributed by atoms with Gasteiger partial charge in [0.2, 0.25) is 0 Å². The third kappa shape index (κ3) is 3.56. The molecule has 19 heavy (non-hydrogen) atoms. The van der Waals surface area contributed by atoms with E-state index in [1.807, 2.05) is 0 Å². The quantitative estimate of drug-likeness (QED) is 0.902. The lowest BCUT2D eigenvalue weighted by Gasteiger charge is -2.38. The first-order valence-electron chi connectivity index (χ1n) is 7.22. The monoisotopic (exact) mass is 261 g/mol. The van der Waals surface area contributed by atoms with Gasteiger partial charge in [0.15, 0.2) is 0 Å². The molecule has 2 atom stereocenters. The van der Waals surface area contributed by atoms with Crippen molar-refractivity contribution in [2.75, 3.05) is 33.2 Å². The van der Waals surface area contributed by atoms with E-state index in [-0.39, 0.29) is 6.04 Å². The zero-order chi connectivity index (χ0) is 14.0. The molecule has 0 radical (unpaired) electrons. The molecule has 0 aliphatic carbocycles. The van der Waals surface area contributed by atoms with E-state index in [0.717, 1.165) is 26.2 Å². The van der Waals surface area contributed by atoms with Crippen LogP contribution in [-0.4, -0.2) is 49.1 Å². The van der Waals surface area contributed by atoms with Crippen molar-refractivity contribution in [2.24, 2.45) is 5.73 Å². The smallest absolute Gasteiger partial charge is 0.0424 e. The van der Waals surface area contributed by atoms with Crippen LogP contribution in [0.4, 0.5) is 0 Å². The highest BCUT2D eigenvalue weighted by Gasteiger charge is 2.22. The Balaban J connectivity index is 1.97. The van der Waals surface area contributed by atoms with E-state index in [4.69, 9.17) is 5.73 Å². The number of benzene rings is 1. The van der Waals surface area contributed by atoms with E-state index in [1.165, 1.54) is 16.7 Å². The van der Waals surface area contributed by atoms with Crippen molar-refractivity contribution in [1.82, 2.24) is 9.80 Å². The van der Waals surface area contributed by atoms with Crippen molar-refractivity contribution >= 4 is 0 Å². The van der Waals surface area contributed by atoms with Crippen LogP contribution in [0.1, 0.15) is 29.7 Å². The van der Waals surface area contributed by atoms with Crippen molar-refractivity contribution in [2.45, 2.75) is 32.9 Å². The standard InChI is InChI=1S/C16H27N3/c1-12-5-6-15(9-13(12)2)16(17)11-19-8-7-18(4)14(3)10-19/h5-6,9,14,16H,7-8,10-11,17H2,1-4H3. The third-order valence-electron chi connectivity index (χ3n) is 4.46. The molecule has 0 aromatic heterocycles. The molecule has 1 aliphatic heterocycles. The largest absolute Gasteiger partial charge is 0.323 e. The highest BCUT2D eigenvalue weighted by atomic mass is 15.3. The normalized spacial score (nSPS) is 23.5. The SMILES string of the molecule is Cc1ccc(C(N)CN2CCN(C)C(C)C2)cc1C. The second kappa shape index (κ2) is 6.04. The van der Waals surface area contributed by atoms with Gasteiger partial charge in [-0.05, 0) is 44.5 Å². The molecule has 0 bridgehead atoms. The van der Waals surface area contributed by atoms with Gasteiger partial charge in [-0.15, -0.1) is 0 Å². The summed E-state index contributed by atoms with van der Waals surface area (Å²) >= 11 is 0. The van der Waals surface area contributed by atoms with Gasteiger partial charge < -0.3 is 10.6 Å². The van der Waals surface area contributed by atoms with Crippen LogP contribution in [-0.2, 0) is 0 Å². The second-order valence-corrected chi connectivity index (χ2v) is 6.04. The minimum absolute atomic E-state index is 0.120. The fourth-order valence-corrected chi connectivity index (χ4v) is 2.67. The van der Waals surface area contributed by atoms with Crippen LogP contribution in [0, 0.1) is 13.8 Å². The Hall–Kier alpha value is -0.900. The van der Waals surface area contributed by atoms with Crippen molar-refractivity contribution in [3.63, 3.8) is 0 Å². The summed E-state index contributed by atoms with van der Waals surface area (Å²) in [5.74, 6) is 0. The molecule has 1 aromatic rings. The predicted molar refractivity (Wildman–Crippen MR) is 81.4 cm³/mol. The molecule has 2 unspecified atom stereocenters. The topological polar surface area (TPSA) is 32.5 Å². The molecule has 1 aromatic carbocycles. The third-order valence-corrected chi connectivity index (χ3v) is 4.46. The maximum atomic E-state index is 6.37. The maximum absolute atomic E-state index is 6.37. The lowest BCUT2D eigenvalue weighted by atomic mass is 10.0. The molecule has 1 fully saturated rings. The summed E-state index contributed by atoms with van der Waals surface area (Å²) in [4.78, 5) is 4.91. The van der Waals surface area contributed by atoms with E-state index in [2.05, 4.69) is 55.8 Å². The Kier molecular flexibility index (Phi) is 4.61. The van der Waals surface area contributed by atoms with Gasteiger partial charge in [0.1, 0.15) is 0 Å². The molecule has 1 saturated heterocycles. The van der Waals surface area contributed by atoms with Gasteiger partial charge in [-0.3, -0.25) is 4.90 Å². The molecule has 2 rings (SSSR count). The van der Waals surface area contributed by atoms with Gasteiger partial charge in [0.05, 0.1) is 0 Å². The molecule has 3 heteroatoms. The van der Waals surface area contributed by atoms with Crippen LogP contribution in [0.3, 0.4) is 0 Å². The predicted octanol–water partition coefficient (Wildman–Crippen LogP) is 1.94. The maximum Gasteiger partial charge on any atom is 0.0424 e. The number of likely N-dealkylation sites (N-methyl/N-ethyl adjacent to an activating group) is 1. The minimum Gasteiger partial charge on any atom is -0.323 e. The molecule has 0 saturated carbocycles. The average molecular weight is 261 g/mol. The molecular formula is C16H27N3. The molecule has 106 valence electrons. The van der Waals surface area contributed by atoms with Crippen molar-refractivity contribution < 1.29 is 0 Å². The molecule has 1 heterocycles. The summed E-state index contributed by atoms with van der Waals surface area (Å²) in [5, 5.41) is 0. The van der Waals surface area contributed by atoms with E-state index < -0.39 is 0 Å². The Bertz CT molecular complexity index is 430. The average Bonchev–Trinajstić information content (AvgIpc) is 2.37. The zero-order valence-corrected chi connectivity index (χ0v) is 12.7. The molecule has 0 amide bonds. The van der Waals surface area contributed by atoms with Crippen LogP contribution in [0.5, 0.6) is 0 Å². The van der Waals surface area contributed by atoms with Gasteiger partial charge in [0, 0.05) is 38.3 Å². The summed E-state index contributed by atoms with van der Waals surface area (Å²) in [6.45, 7) is 10.9. The first-order valence-corrected chi connectivity index (χ1v) is 7.22. The number of rotatable bonds is 3. The van der Waals surface area contributed by atoms with Gasteiger partial charge >= 0.3 is 0 Å². The van der Waals surface area contributed by atoms with Crippen molar-refractivity contribution in [1.29, 1.82) is 0 Å². The number of piperazine rings is 1. The molecule has 1 aliphatic rings. The second-order valence-electron chi connectivity index (χ2n) is 6.04. The lowest BCUT2D eigenvalue weighted by molar-refractivity contribution is 0.100. The van der Waals surface area contributed by atoms with Crippen LogP contribution in [0.2, 0.25) is 0 Å². The number of nitrogens with zero attached hydrogens (tertiary/aromatic N) is 2. The van der Waals surface area contributed by atoms with Crippen molar-refractivity contribution in [3.05, 3.63) is 34.9 Å². The first kappa shape index (κ1) is 14.5. The summed E-state index contributed by atoms with van der Waals surface area (Å²) in [7, 11) is 2.20. The molecular weight excluding hydrogens is 234 g/mol. The Morgan fingerprint density at radius 1 is 1.26 bits per heavy atom. The van der Waals surface area contributed by atoms with E-state index in [0.29, 0.717) is 6.04 Å². The highest BCUT2D eigenvalue weighted by molar-refractivity contribution is 5.31. The van der Waals surface area contributed by atoms with E-state index in [9.17, 15) is 0 Å². The van der Waals surface area contributed by atoms with Crippen LogP contribution in [0.25, 0.3) is 0 Å². The lowest BCUT2D eigenvalue weighted by Crippen LogP contribution is -2.51. The Labute approximate surface area is 117 Å². The molecule has 0 spiro atoms. The van der Waals surface area contributed by atoms with Crippen molar-refractivity contribution in [3.8, 4) is 0 Å². The first-order chi connectivity index (χ1) is 8.97. The van der Waals surface area contributed by atoms with Crippen LogP contribution < -0.4 is 5.73 Å². The van der Waals surface area contributed by atoms with E-state index in [1.54, 1.807) is 0 Å². The molecule has 2 N–H and O–H groups in total. The Morgan fingerprint density at radius 2 is 2.00 bits per heavy atom. The number of aryl methyl sites for hydroxylation is 2. The summed E-state index contributed by atoms with van der Waals surface area (Å²) in [6.07, 6.45) is 0. The summed E-state index contributed by atoms with van der Waals surface area (Å²) in [5.41, 5.74) is 10.3. The van der Waals surface area contributed by atoms with Crippen LogP contribution >= 0.6 is 0 Å². The van der Waals surface area contributed by atoms with Gasteiger partial charge in [0.25, 0.3) is 0 Å².